The minimum absolute atomic E-state index is 0.142. The standard InChI is InChI=1S/C15H26N2O/c1-5-10-16-15(3,12-18)11-17(4)14-9-7-6-8-13(14)2/h6-9,16,18H,5,10-12H2,1-4H3. The van der Waals surface area contributed by atoms with Crippen LogP contribution in [0.1, 0.15) is 25.8 Å². The Morgan fingerprint density at radius 1 is 1.33 bits per heavy atom. The van der Waals surface area contributed by atoms with Crippen molar-refractivity contribution < 1.29 is 5.11 Å². The number of aryl methyl sites for hydroxylation is 1. The predicted molar refractivity (Wildman–Crippen MR) is 78.2 cm³/mol. The van der Waals surface area contributed by atoms with Crippen molar-refractivity contribution in [3.8, 4) is 0 Å². The molecule has 3 nitrogen and oxygen atoms in total. The van der Waals surface area contributed by atoms with E-state index in [-0.39, 0.29) is 12.1 Å². The molecule has 1 rings (SSSR count). The van der Waals surface area contributed by atoms with E-state index in [1.165, 1.54) is 11.3 Å². The molecule has 0 saturated carbocycles. The quantitative estimate of drug-likeness (QED) is 0.778. The van der Waals surface area contributed by atoms with Gasteiger partial charge < -0.3 is 15.3 Å². The van der Waals surface area contributed by atoms with E-state index in [9.17, 15) is 5.11 Å². The van der Waals surface area contributed by atoms with Gasteiger partial charge in [-0.25, -0.2) is 0 Å². The van der Waals surface area contributed by atoms with E-state index in [2.05, 4.69) is 56.2 Å². The number of hydrogen-bond donors (Lipinski definition) is 2. The Hall–Kier alpha value is -1.06. The SMILES string of the molecule is CCCNC(C)(CO)CN(C)c1ccccc1C. The second-order valence-corrected chi connectivity index (χ2v) is 5.29. The van der Waals surface area contributed by atoms with E-state index in [0.29, 0.717) is 0 Å². The number of benzene rings is 1. The van der Waals surface area contributed by atoms with Gasteiger partial charge in [-0.05, 0) is 38.4 Å². The van der Waals surface area contributed by atoms with Crippen LogP contribution in [0.15, 0.2) is 24.3 Å². The van der Waals surface area contributed by atoms with E-state index < -0.39 is 0 Å². The zero-order valence-corrected chi connectivity index (χ0v) is 12.0. The van der Waals surface area contributed by atoms with Gasteiger partial charge in [-0.3, -0.25) is 0 Å². The summed E-state index contributed by atoms with van der Waals surface area (Å²) in [5, 5.41) is 13.0. The van der Waals surface area contributed by atoms with Crippen molar-refractivity contribution in [1.29, 1.82) is 0 Å². The molecule has 1 aromatic rings. The van der Waals surface area contributed by atoms with Gasteiger partial charge in [0.25, 0.3) is 0 Å². The average Bonchev–Trinajstić information content (AvgIpc) is 2.37. The van der Waals surface area contributed by atoms with Gasteiger partial charge in [0.05, 0.1) is 12.1 Å². The lowest BCUT2D eigenvalue weighted by Crippen LogP contribution is -2.53. The van der Waals surface area contributed by atoms with Crippen LogP contribution < -0.4 is 10.2 Å². The van der Waals surface area contributed by atoms with Crippen molar-refractivity contribution in [3.05, 3.63) is 29.8 Å². The maximum Gasteiger partial charge on any atom is 0.0627 e. The van der Waals surface area contributed by atoms with Crippen LogP contribution in [0.2, 0.25) is 0 Å². The summed E-state index contributed by atoms with van der Waals surface area (Å²) in [4.78, 5) is 2.20. The lowest BCUT2D eigenvalue weighted by molar-refractivity contribution is 0.179. The van der Waals surface area contributed by atoms with Gasteiger partial charge in [-0.15, -0.1) is 0 Å². The van der Waals surface area contributed by atoms with E-state index in [0.717, 1.165) is 19.5 Å². The molecule has 0 aliphatic carbocycles. The molecule has 0 aromatic heterocycles. The lowest BCUT2D eigenvalue weighted by atomic mass is 10.0. The van der Waals surface area contributed by atoms with Crippen LogP contribution in [0.25, 0.3) is 0 Å². The number of aliphatic hydroxyl groups excluding tert-OH is 1. The van der Waals surface area contributed by atoms with Crippen LogP contribution in [0.3, 0.4) is 0 Å². The molecular formula is C15H26N2O. The number of hydrogen-bond acceptors (Lipinski definition) is 3. The highest BCUT2D eigenvalue weighted by Gasteiger charge is 2.24. The van der Waals surface area contributed by atoms with Crippen LogP contribution in [0, 0.1) is 6.92 Å². The molecule has 0 amide bonds. The maximum absolute atomic E-state index is 9.59. The van der Waals surface area contributed by atoms with Crippen LogP contribution >= 0.6 is 0 Å². The highest BCUT2D eigenvalue weighted by atomic mass is 16.3. The number of anilines is 1. The zero-order chi connectivity index (χ0) is 13.6. The molecule has 1 aromatic carbocycles. The number of nitrogens with zero attached hydrogens (tertiary/aromatic N) is 1. The summed E-state index contributed by atoms with van der Waals surface area (Å²) in [7, 11) is 2.07. The van der Waals surface area contributed by atoms with Gasteiger partial charge in [-0.2, -0.15) is 0 Å². The first kappa shape index (κ1) is 15.0. The summed E-state index contributed by atoms with van der Waals surface area (Å²) in [5.41, 5.74) is 2.22. The Morgan fingerprint density at radius 3 is 2.56 bits per heavy atom. The first-order valence-corrected chi connectivity index (χ1v) is 6.65. The van der Waals surface area contributed by atoms with Crippen molar-refractivity contribution >= 4 is 5.69 Å². The molecule has 3 heteroatoms. The molecule has 0 radical (unpaired) electrons. The van der Waals surface area contributed by atoms with Crippen molar-refractivity contribution in [2.24, 2.45) is 0 Å². The second-order valence-electron chi connectivity index (χ2n) is 5.29. The van der Waals surface area contributed by atoms with E-state index in [1.807, 2.05) is 6.07 Å². The third-order valence-corrected chi connectivity index (χ3v) is 3.26. The van der Waals surface area contributed by atoms with Crippen LogP contribution in [0.5, 0.6) is 0 Å². The largest absolute Gasteiger partial charge is 0.394 e. The van der Waals surface area contributed by atoms with Gasteiger partial charge in [-0.1, -0.05) is 25.1 Å². The molecule has 1 unspecified atom stereocenters. The van der Waals surface area contributed by atoms with Crippen molar-refractivity contribution in [2.45, 2.75) is 32.7 Å². The van der Waals surface area contributed by atoms with E-state index in [1.54, 1.807) is 0 Å². The molecule has 2 N–H and O–H groups in total. The van der Waals surface area contributed by atoms with Crippen molar-refractivity contribution in [1.82, 2.24) is 5.32 Å². The van der Waals surface area contributed by atoms with Crippen LogP contribution in [0.4, 0.5) is 5.69 Å². The zero-order valence-electron chi connectivity index (χ0n) is 12.0. The molecule has 0 saturated heterocycles. The molecule has 102 valence electrons. The topological polar surface area (TPSA) is 35.5 Å². The second kappa shape index (κ2) is 6.76. The highest BCUT2D eigenvalue weighted by molar-refractivity contribution is 5.52. The summed E-state index contributed by atoms with van der Waals surface area (Å²) in [6.45, 7) is 8.17. The Bertz CT molecular complexity index is 367. The number of nitrogens with one attached hydrogen (secondary N) is 1. The number of rotatable bonds is 7. The molecule has 0 bridgehead atoms. The summed E-state index contributed by atoms with van der Waals surface area (Å²) in [5.74, 6) is 0. The number of aliphatic hydroxyl groups is 1. The molecule has 1 atom stereocenters. The van der Waals surface area contributed by atoms with Crippen molar-refractivity contribution in [3.63, 3.8) is 0 Å². The summed E-state index contributed by atoms with van der Waals surface area (Å²) >= 11 is 0. The highest BCUT2D eigenvalue weighted by Crippen LogP contribution is 2.19. The van der Waals surface area contributed by atoms with E-state index in [4.69, 9.17) is 0 Å². The molecule has 0 fully saturated rings. The Kier molecular flexibility index (Phi) is 5.63. The maximum atomic E-state index is 9.59. The third kappa shape index (κ3) is 4.00. The third-order valence-electron chi connectivity index (χ3n) is 3.26. The van der Waals surface area contributed by atoms with Crippen molar-refractivity contribution in [2.75, 3.05) is 31.6 Å². The first-order valence-electron chi connectivity index (χ1n) is 6.65. The summed E-state index contributed by atoms with van der Waals surface area (Å²) < 4.78 is 0. The predicted octanol–water partition coefficient (Wildman–Crippen LogP) is 2.18. The minimum Gasteiger partial charge on any atom is -0.394 e. The molecular weight excluding hydrogens is 224 g/mol. The molecule has 0 aliphatic rings. The smallest absolute Gasteiger partial charge is 0.0627 e. The summed E-state index contributed by atoms with van der Waals surface area (Å²) in [6.07, 6.45) is 1.07. The van der Waals surface area contributed by atoms with Gasteiger partial charge in [0, 0.05) is 19.3 Å². The van der Waals surface area contributed by atoms with Gasteiger partial charge >= 0.3 is 0 Å². The molecule has 0 aliphatic heterocycles. The number of likely N-dealkylation sites (N-methyl/N-ethyl adjacent to an activating group) is 1. The average molecular weight is 250 g/mol. The fraction of sp³-hybridized carbons (Fsp3) is 0.600. The normalized spacial score (nSPS) is 14.3. The number of para-hydroxylation sites is 1. The Labute approximate surface area is 111 Å². The molecule has 0 spiro atoms. The lowest BCUT2D eigenvalue weighted by Gasteiger charge is -2.35. The monoisotopic (exact) mass is 250 g/mol. The van der Waals surface area contributed by atoms with Crippen LogP contribution in [-0.4, -0.2) is 37.4 Å². The van der Waals surface area contributed by atoms with Gasteiger partial charge in [0.15, 0.2) is 0 Å². The molecule has 18 heavy (non-hydrogen) atoms. The minimum atomic E-state index is -0.257. The van der Waals surface area contributed by atoms with E-state index >= 15 is 0 Å². The Morgan fingerprint density at radius 2 is 2.00 bits per heavy atom. The first-order chi connectivity index (χ1) is 8.52. The summed E-state index contributed by atoms with van der Waals surface area (Å²) in [6, 6.07) is 8.33. The fourth-order valence-electron chi connectivity index (χ4n) is 2.19. The fourth-order valence-corrected chi connectivity index (χ4v) is 2.19. The molecule has 0 heterocycles. The van der Waals surface area contributed by atoms with Crippen LogP contribution in [-0.2, 0) is 0 Å². The Balaban J connectivity index is 2.73. The van der Waals surface area contributed by atoms with Gasteiger partial charge in [0.1, 0.15) is 0 Å². The van der Waals surface area contributed by atoms with Gasteiger partial charge in [0.2, 0.25) is 0 Å².